The number of aromatic nitrogens is 4. The van der Waals surface area contributed by atoms with Gasteiger partial charge in [-0.05, 0) is 55.3 Å². The van der Waals surface area contributed by atoms with Crippen LogP contribution in [0, 0.1) is 0 Å². The van der Waals surface area contributed by atoms with Crippen molar-refractivity contribution in [1.82, 2.24) is 30.4 Å². The van der Waals surface area contributed by atoms with Gasteiger partial charge in [-0.3, -0.25) is 14.3 Å². The summed E-state index contributed by atoms with van der Waals surface area (Å²) in [6.45, 7) is 2.49. The number of carbonyl (C=O) groups excluding carboxylic acids is 2. The highest BCUT2D eigenvalue weighted by atomic mass is 16.2. The molecule has 166 valence electrons. The van der Waals surface area contributed by atoms with Gasteiger partial charge < -0.3 is 20.9 Å². The van der Waals surface area contributed by atoms with Gasteiger partial charge in [-0.2, -0.15) is 5.10 Å². The predicted octanol–water partition coefficient (Wildman–Crippen LogP) is 2.85. The van der Waals surface area contributed by atoms with Gasteiger partial charge >= 0.3 is 0 Å². The summed E-state index contributed by atoms with van der Waals surface area (Å²) in [5.74, 6) is -0.273. The number of hydrogen-bond acceptors (Lipinski definition) is 5. The molecule has 3 aromatic heterocycles. The van der Waals surface area contributed by atoms with Gasteiger partial charge in [0.15, 0.2) is 0 Å². The Morgan fingerprint density at radius 2 is 2.00 bits per heavy atom. The molecule has 4 aromatic rings. The van der Waals surface area contributed by atoms with Gasteiger partial charge in [0.05, 0.1) is 23.5 Å². The van der Waals surface area contributed by atoms with E-state index in [-0.39, 0.29) is 11.8 Å². The van der Waals surface area contributed by atoms with Crippen molar-refractivity contribution in [1.29, 1.82) is 0 Å². The minimum absolute atomic E-state index is 0.0421. The molecule has 2 aliphatic heterocycles. The van der Waals surface area contributed by atoms with Gasteiger partial charge in [-0.1, -0.05) is 6.07 Å². The van der Waals surface area contributed by atoms with E-state index in [0.717, 1.165) is 48.0 Å². The second-order valence-corrected chi connectivity index (χ2v) is 8.52. The molecule has 4 N–H and O–H groups in total. The molecule has 0 saturated carbocycles. The highest BCUT2D eigenvalue weighted by Gasteiger charge is 2.20. The number of pyridine rings is 1. The number of anilines is 1. The van der Waals surface area contributed by atoms with Crippen LogP contribution >= 0.6 is 0 Å². The Labute approximate surface area is 189 Å². The molecule has 1 saturated heterocycles. The lowest BCUT2D eigenvalue weighted by molar-refractivity contribution is 0.0964. The Hall–Kier alpha value is -3.98. The average molecular weight is 441 g/mol. The first-order valence-corrected chi connectivity index (χ1v) is 11.1. The Morgan fingerprint density at radius 1 is 1.12 bits per heavy atom. The molecule has 9 nitrogen and oxygen atoms in total. The molecule has 0 atom stereocenters. The van der Waals surface area contributed by atoms with Gasteiger partial charge in [-0.25, -0.2) is 4.98 Å². The molecule has 9 heteroatoms. The Bertz CT molecular complexity index is 1380. The summed E-state index contributed by atoms with van der Waals surface area (Å²) < 4.78 is 1.94. The standard InChI is InChI=1S/C24H23N7O2/c32-23(30-17-11-29-31(13-17)18-3-5-25-6-4-18)16-8-20-21(12-27-22(20)26-10-16)14-1-2-19-15(7-14)9-28-24(19)33/h1-2,7-8,10-13,18,25H,3-6,9H2,(H,26,27)(H,28,33)(H,30,32). The quantitative estimate of drug-likeness (QED) is 0.389. The van der Waals surface area contributed by atoms with Crippen LogP contribution in [0.1, 0.15) is 45.2 Å². The third-order valence-corrected chi connectivity index (χ3v) is 6.44. The Morgan fingerprint density at radius 3 is 2.88 bits per heavy atom. The molecular weight excluding hydrogens is 418 g/mol. The number of piperidine rings is 1. The number of amides is 2. The van der Waals surface area contributed by atoms with Crippen LogP contribution in [0.15, 0.2) is 49.1 Å². The fraction of sp³-hybridized carbons (Fsp3) is 0.250. The normalized spacial score (nSPS) is 16.1. The summed E-state index contributed by atoms with van der Waals surface area (Å²) in [4.78, 5) is 32.4. The molecule has 33 heavy (non-hydrogen) atoms. The zero-order valence-electron chi connectivity index (χ0n) is 17.9. The van der Waals surface area contributed by atoms with E-state index >= 15 is 0 Å². The van der Waals surface area contributed by atoms with E-state index < -0.39 is 0 Å². The second kappa shape index (κ2) is 7.86. The van der Waals surface area contributed by atoms with E-state index in [0.29, 0.717) is 35.0 Å². The van der Waals surface area contributed by atoms with Gasteiger partial charge in [-0.15, -0.1) is 0 Å². The van der Waals surface area contributed by atoms with E-state index in [4.69, 9.17) is 0 Å². The zero-order valence-corrected chi connectivity index (χ0v) is 17.9. The molecule has 0 spiro atoms. The highest BCUT2D eigenvalue weighted by molar-refractivity contribution is 6.07. The molecule has 2 amide bonds. The maximum atomic E-state index is 12.9. The summed E-state index contributed by atoms with van der Waals surface area (Å²) in [6, 6.07) is 7.98. The van der Waals surface area contributed by atoms with Crippen LogP contribution in [0.5, 0.6) is 0 Å². The van der Waals surface area contributed by atoms with Crippen molar-refractivity contribution in [3.05, 3.63) is 65.7 Å². The summed E-state index contributed by atoms with van der Waals surface area (Å²) in [6.07, 6.45) is 9.08. The number of aromatic amines is 1. The summed E-state index contributed by atoms with van der Waals surface area (Å²) in [7, 11) is 0. The predicted molar refractivity (Wildman–Crippen MR) is 124 cm³/mol. The molecule has 0 aliphatic carbocycles. The van der Waals surface area contributed by atoms with Crippen LogP contribution in [0.2, 0.25) is 0 Å². The third kappa shape index (κ3) is 3.56. The molecule has 1 fully saturated rings. The lowest BCUT2D eigenvalue weighted by Gasteiger charge is -2.22. The summed E-state index contributed by atoms with van der Waals surface area (Å²) in [5.41, 5.74) is 5.43. The van der Waals surface area contributed by atoms with Gasteiger partial charge in [0, 0.05) is 41.6 Å². The van der Waals surface area contributed by atoms with Crippen LogP contribution in [0.4, 0.5) is 5.69 Å². The monoisotopic (exact) mass is 441 g/mol. The van der Waals surface area contributed by atoms with Gasteiger partial charge in [0.25, 0.3) is 11.8 Å². The topological polar surface area (TPSA) is 117 Å². The highest BCUT2D eigenvalue weighted by Crippen LogP contribution is 2.31. The lowest BCUT2D eigenvalue weighted by Crippen LogP contribution is -2.29. The molecule has 0 bridgehead atoms. The first-order chi connectivity index (χ1) is 16.2. The molecule has 0 radical (unpaired) electrons. The maximum Gasteiger partial charge on any atom is 0.257 e. The van der Waals surface area contributed by atoms with Crippen molar-refractivity contribution in [2.75, 3.05) is 18.4 Å². The number of nitrogens with one attached hydrogen (secondary N) is 4. The molecule has 5 heterocycles. The lowest BCUT2D eigenvalue weighted by atomic mass is 10.00. The van der Waals surface area contributed by atoms with Crippen molar-refractivity contribution in [2.45, 2.75) is 25.4 Å². The van der Waals surface area contributed by atoms with Crippen molar-refractivity contribution in [2.24, 2.45) is 0 Å². The van der Waals surface area contributed by atoms with Crippen LogP contribution in [-0.4, -0.2) is 44.7 Å². The number of benzene rings is 1. The number of rotatable bonds is 4. The third-order valence-electron chi connectivity index (χ3n) is 6.44. The van der Waals surface area contributed by atoms with Crippen LogP contribution in [-0.2, 0) is 6.54 Å². The summed E-state index contributed by atoms with van der Waals surface area (Å²) in [5, 5.41) is 14.4. The fourth-order valence-corrected chi connectivity index (χ4v) is 4.64. The Kier molecular flexibility index (Phi) is 4.69. The minimum Gasteiger partial charge on any atom is -0.348 e. The number of hydrogen-bond donors (Lipinski definition) is 4. The van der Waals surface area contributed by atoms with Gasteiger partial charge in [0.1, 0.15) is 5.65 Å². The van der Waals surface area contributed by atoms with E-state index in [1.54, 1.807) is 12.4 Å². The summed E-state index contributed by atoms with van der Waals surface area (Å²) >= 11 is 0. The minimum atomic E-state index is -0.231. The number of fused-ring (bicyclic) bond motifs is 2. The molecule has 6 rings (SSSR count). The van der Waals surface area contributed by atoms with E-state index in [1.165, 1.54) is 0 Å². The van der Waals surface area contributed by atoms with E-state index in [9.17, 15) is 9.59 Å². The largest absolute Gasteiger partial charge is 0.348 e. The van der Waals surface area contributed by atoms with Crippen molar-refractivity contribution < 1.29 is 9.59 Å². The van der Waals surface area contributed by atoms with Crippen LogP contribution < -0.4 is 16.0 Å². The number of H-pyrrole nitrogens is 1. The average Bonchev–Trinajstić information content (AvgIpc) is 3.58. The molecule has 0 unspecified atom stereocenters. The smallest absolute Gasteiger partial charge is 0.257 e. The first kappa shape index (κ1) is 19.7. The second-order valence-electron chi connectivity index (χ2n) is 8.52. The van der Waals surface area contributed by atoms with Crippen LogP contribution in [0.25, 0.3) is 22.2 Å². The Balaban J connectivity index is 1.26. The van der Waals surface area contributed by atoms with Crippen LogP contribution in [0.3, 0.4) is 0 Å². The van der Waals surface area contributed by atoms with Gasteiger partial charge in [0.2, 0.25) is 0 Å². The molecular formula is C24H23N7O2. The SMILES string of the molecule is O=C(Nc1cnn(C2CCNCC2)c1)c1cnc2[nH]cc(-c3ccc4c(c3)CNC4=O)c2c1. The first-order valence-electron chi connectivity index (χ1n) is 11.1. The number of nitrogens with zero attached hydrogens (tertiary/aromatic N) is 3. The molecule has 2 aliphatic rings. The van der Waals surface area contributed by atoms with Crippen molar-refractivity contribution >= 4 is 28.5 Å². The zero-order chi connectivity index (χ0) is 22.4. The fourth-order valence-electron chi connectivity index (χ4n) is 4.64. The van der Waals surface area contributed by atoms with E-state index in [1.807, 2.05) is 41.3 Å². The maximum absolute atomic E-state index is 12.9. The molecule has 1 aromatic carbocycles. The number of carbonyl (C=O) groups is 2. The van der Waals surface area contributed by atoms with Crippen molar-refractivity contribution in [3.8, 4) is 11.1 Å². The van der Waals surface area contributed by atoms with E-state index in [2.05, 4.69) is 31.0 Å². The van der Waals surface area contributed by atoms with Crippen molar-refractivity contribution in [3.63, 3.8) is 0 Å².